The fourth-order valence-corrected chi connectivity index (χ4v) is 1.49. The molecule has 0 aliphatic rings. The Morgan fingerprint density at radius 1 is 1.50 bits per heavy atom. The highest BCUT2D eigenvalue weighted by atomic mass is 15.0. The summed E-state index contributed by atoms with van der Waals surface area (Å²) in [5.41, 5.74) is 6.78. The van der Waals surface area contributed by atoms with Crippen LogP contribution in [0, 0.1) is 11.3 Å². The summed E-state index contributed by atoms with van der Waals surface area (Å²) in [5, 5.41) is 8.86. The third-order valence-electron chi connectivity index (χ3n) is 2.10. The number of aromatic nitrogens is 2. The van der Waals surface area contributed by atoms with E-state index in [1.54, 1.807) is 0 Å². The first kappa shape index (κ1) is 8.73. The van der Waals surface area contributed by atoms with Crippen molar-refractivity contribution in [3.8, 4) is 6.07 Å². The van der Waals surface area contributed by atoms with Crippen molar-refractivity contribution in [3.05, 3.63) is 35.9 Å². The predicted molar refractivity (Wildman–Crippen MR) is 52.7 cm³/mol. The van der Waals surface area contributed by atoms with Gasteiger partial charge in [0.1, 0.15) is 11.9 Å². The highest BCUT2D eigenvalue weighted by molar-refractivity contribution is 5.58. The first-order chi connectivity index (χ1) is 6.86. The number of hydrogen-bond acceptors (Lipinski definition) is 3. The van der Waals surface area contributed by atoms with Gasteiger partial charge in [0, 0.05) is 12.6 Å². The van der Waals surface area contributed by atoms with Crippen LogP contribution in [0.4, 0.5) is 0 Å². The molecule has 0 amide bonds. The van der Waals surface area contributed by atoms with Crippen LogP contribution in [0.3, 0.4) is 0 Å². The molecule has 0 saturated heterocycles. The summed E-state index contributed by atoms with van der Waals surface area (Å²) in [5.74, 6) is 0.847. The number of nitrogens with zero attached hydrogens (tertiary/aromatic N) is 3. The first-order valence-corrected chi connectivity index (χ1v) is 4.43. The average molecular weight is 186 g/mol. The van der Waals surface area contributed by atoms with E-state index in [0.717, 1.165) is 11.3 Å². The van der Waals surface area contributed by atoms with Gasteiger partial charge in [-0.05, 0) is 18.7 Å². The van der Waals surface area contributed by atoms with Crippen molar-refractivity contribution in [1.29, 1.82) is 5.26 Å². The van der Waals surface area contributed by atoms with Crippen molar-refractivity contribution in [3.63, 3.8) is 0 Å². The van der Waals surface area contributed by atoms with Gasteiger partial charge < -0.3 is 10.1 Å². The van der Waals surface area contributed by atoms with Crippen molar-refractivity contribution in [2.24, 2.45) is 5.73 Å². The molecule has 0 aromatic carbocycles. The van der Waals surface area contributed by atoms with Gasteiger partial charge in [0.05, 0.1) is 5.52 Å². The predicted octanol–water partition coefficient (Wildman–Crippen LogP) is 0.707. The molecule has 2 N–H and O–H groups in total. The molecule has 0 bridgehead atoms. The highest BCUT2D eigenvalue weighted by Crippen LogP contribution is 2.11. The zero-order valence-corrected chi connectivity index (χ0v) is 7.64. The quantitative estimate of drug-likeness (QED) is 0.751. The highest BCUT2D eigenvalue weighted by Gasteiger charge is 2.08. The van der Waals surface area contributed by atoms with E-state index < -0.39 is 0 Å². The molecule has 4 heteroatoms. The Balaban J connectivity index is 2.68. The lowest BCUT2D eigenvalue weighted by Gasteiger charge is -1.97. The molecule has 0 unspecified atom stereocenters. The molecule has 2 aromatic rings. The molecule has 0 atom stereocenters. The lowest BCUT2D eigenvalue weighted by molar-refractivity contribution is 0.862. The fraction of sp³-hybridized carbons (Fsp3) is 0.200. The van der Waals surface area contributed by atoms with Gasteiger partial charge in [-0.15, -0.1) is 0 Å². The minimum absolute atomic E-state index is 0.467. The molecular weight excluding hydrogens is 176 g/mol. The van der Waals surface area contributed by atoms with Gasteiger partial charge in [0.25, 0.3) is 0 Å². The van der Waals surface area contributed by atoms with E-state index in [1.165, 1.54) is 0 Å². The third-order valence-corrected chi connectivity index (χ3v) is 2.10. The van der Waals surface area contributed by atoms with E-state index in [4.69, 9.17) is 11.0 Å². The Bertz CT molecular complexity index is 492. The van der Waals surface area contributed by atoms with Gasteiger partial charge >= 0.3 is 0 Å². The number of nitrogens with two attached hydrogens (primary N) is 1. The van der Waals surface area contributed by atoms with Crippen LogP contribution in [0.25, 0.3) is 5.52 Å². The monoisotopic (exact) mass is 186 g/mol. The lowest BCUT2D eigenvalue weighted by Crippen LogP contribution is -2.06. The fourth-order valence-electron chi connectivity index (χ4n) is 1.49. The molecule has 2 rings (SSSR count). The molecular formula is C10H10N4. The molecule has 2 aromatic heterocycles. The first-order valence-electron chi connectivity index (χ1n) is 4.43. The second-order valence-corrected chi connectivity index (χ2v) is 2.98. The van der Waals surface area contributed by atoms with Crippen molar-refractivity contribution < 1.29 is 0 Å². The van der Waals surface area contributed by atoms with Gasteiger partial charge in [-0.1, -0.05) is 6.07 Å². The number of rotatable bonds is 2. The average Bonchev–Trinajstić information content (AvgIpc) is 2.58. The Labute approximate surface area is 81.6 Å². The molecule has 0 aliphatic carbocycles. The molecule has 4 nitrogen and oxygen atoms in total. The Hall–Kier alpha value is -1.86. The molecule has 0 saturated carbocycles. The second-order valence-electron chi connectivity index (χ2n) is 2.98. The van der Waals surface area contributed by atoms with E-state index in [9.17, 15) is 0 Å². The van der Waals surface area contributed by atoms with Crippen LogP contribution in [-0.2, 0) is 6.42 Å². The summed E-state index contributed by atoms with van der Waals surface area (Å²) in [4.78, 5) is 4.22. The van der Waals surface area contributed by atoms with Crippen molar-refractivity contribution >= 4 is 5.52 Å². The summed E-state index contributed by atoms with van der Waals surface area (Å²) in [7, 11) is 0. The third kappa shape index (κ3) is 1.24. The summed E-state index contributed by atoms with van der Waals surface area (Å²) < 4.78 is 1.91. The van der Waals surface area contributed by atoms with Gasteiger partial charge in [-0.25, -0.2) is 4.98 Å². The molecule has 0 aliphatic heterocycles. The van der Waals surface area contributed by atoms with Gasteiger partial charge in [0.2, 0.25) is 0 Å². The van der Waals surface area contributed by atoms with Crippen LogP contribution in [0.5, 0.6) is 0 Å². The van der Waals surface area contributed by atoms with Gasteiger partial charge in [0.15, 0.2) is 5.69 Å². The molecule has 0 fully saturated rings. The zero-order valence-electron chi connectivity index (χ0n) is 7.64. The molecule has 0 spiro atoms. The molecule has 14 heavy (non-hydrogen) atoms. The SMILES string of the molecule is N#Cc1nc(CCN)n2ccccc12. The van der Waals surface area contributed by atoms with Crippen LogP contribution in [-0.4, -0.2) is 15.9 Å². The smallest absolute Gasteiger partial charge is 0.166 e. The van der Waals surface area contributed by atoms with Gasteiger partial charge in [-0.3, -0.25) is 0 Å². The van der Waals surface area contributed by atoms with Crippen molar-refractivity contribution in [2.75, 3.05) is 6.54 Å². The number of imidazole rings is 1. The molecule has 2 heterocycles. The second kappa shape index (κ2) is 3.48. The normalized spacial score (nSPS) is 10.3. The maximum absolute atomic E-state index is 8.86. The molecule has 0 radical (unpaired) electrons. The number of pyridine rings is 1. The van der Waals surface area contributed by atoms with E-state index in [1.807, 2.05) is 28.8 Å². The minimum atomic E-state index is 0.467. The zero-order chi connectivity index (χ0) is 9.97. The van der Waals surface area contributed by atoms with E-state index in [0.29, 0.717) is 18.7 Å². The minimum Gasteiger partial charge on any atom is -0.330 e. The maximum Gasteiger partial charge on any atom is 0.166 e. The number of hydrogen-bond donors (Lipinski definition) is 1. The van der Waals surface area contributed by atoms with Crippen LogP contribution in [0.2, 0.25) is 0 Å². The maximum atomic E-state index is 8.86. The standard InChI is InChI=1S/C10H10N4/c11-5-4-10-13-8(7-12)9-3-1-2-6-14(9)10/h1-3,6H,4-5,11H2. The van der Waals surface area contributed by atoms with Gasteiger partial charge in [-0.2, -0.15) is 5.26 Å². The number of nitriles is 1. The van der Waals surface area contributed by atoms with Crippen LogP contribution in [0.1, 0.15) is 11.5 Å². The van der Waals surface area contributed by atoms with Crippen LogP contribution < -0.4 is 5.73 Å². The Morgan fingerprint density at radius 2 is 2.36 bits per heavy atom. The molecule has 70 valence electrons. The summed E-state index contributed by atoms with van der Waals surface area (Å²) in [6.07, 6.45) is 2.58. The van der Waals surface area contributed by atoms with Crippen molar-refractivity contribution in [1.82, 2.24) is 9.38 Å². The van der Waals surface area contributed by atoms with Crippen LogP contribution in [0.15, 0.2) is 24.4 Å². The topological polar surface area (TPSA) is 67.1 Å². The summed E-state index contributed by atoms with van der Waals surface area (Å²) in [6, 6.07) is 7.76. The summed E-state index contributed by atoms with van der Waals surface area (Å²) in [6.45, 7) is 0.541. The lowest BCUT2D eigenvalue weighted by atomic mass is 10.3. The summed E-state index contributed by atoms with van der Waals surface area (Å²) >= 11 is 0. The van der Waals surface area contributed by atoms with Crippen LogP contribution >= 0.6 is 0 Å². The van der Waals surface area contributed by atoms with Crippen molar-refractivity contribution in [2.45, 2.75) is 6.42 Å². The van der Waals surface area contributed by atoms with E-state index >= 15 is 0 Å². The van der Waals surface area contributed by atoms with E-state index in [-0.39, 0.29) is 0 Å². The van der Waals surface area contributed by atoms with E-state index in [2.05, 4.69) is 11.1 Å². The largest absolute Gasteiger partial charge is 0.330 e. The Morgan fingerprint density at radius 3 is 3.07 bits per heavy atom. The number of fused-ring (bicyclic) bond motifs is 1. The Kier molecular flexibility index (Phi) is 2.17.